The molecule has 0 atom stereocenters. The van der Waals surface area contributed by atoms with Crippen molar-refractivity contribution < 1.29 is 19.2 Å². The van der Waals surface area contributed by atoms with E-state index < -0.39 is 29.0 Å². The van der Waals surface area contributed by atoms with E-state index in [9.17, 15) is 19.2 Å². The maximum atomic E-state index is 12.4. The van der Waals surface area contributed by atoms with Gasteiger partial charge in [-0.25, -0.2) is 9.89 Å². The highest BCUT2D eigenvalue weighted by molar-refractivity contribution is 6.55. The Bertz CT molecular complexity index is 1260. The van der Waals surface area contributed by atoms with E-state index in [4.69, 9.17) is 0 Å². The quantitative estimate of drug-likeness (QED) is 0.491. The van der Waals surface area contributed by atoms with E-state index in [1.165, 1.54) is 17.0 Å². The zero-order valence-electron chi connectivity index (χ0n) is 20.4. The predicted octanol–water partition coefficient (Wildman–Crippen LogP) is 3.77. The summed E-state index contributed by atoms with van der Waals surface area (Å²) in [6, 6.07) is 15.6. The number of hydrogen-bond acceptors (Lipinski definition) is 6. The van der Waals surface area contributed by atoms with Crippen LogP contribution in [0.4, 0.5) is 11.4 Å². The molecular weight excluding hydrogens is 444 g/mol. The van der Waals surface area contributed by atoms with Crippen LogP contribution in [0.5, 0.6) is 0 Å². The first kappa shape index (κ1) is 24.2. The fourth-order valence-electron chi connectivity index (χ4n) is 4.54. The maximum absolute atomic E-state index is 12.4. The van der Waals surface area contributed by atoms with Crippen LogP contribution in [0.15, 0.2) is 58.5 Å². The molecule has 0 N–H and O–H groups in total. The summed E-state index contributed by atoms with van der Waals surface area (Å²) in [6.07, 6.45) is 2.48. The number of fused-ring (bicyclic) bond motifs is 2. The van der Waals surface area contributed by atoms with Crippen LogP contribution < -0.4 is 0 Å². The fourth-order valence-corrected chi connectivity index (χ4v) is 4.54. The smallest absolute Gasteiger partial charge is 0.279 e. The molecule has 0 saturated carbocycles. The van der Waals surface area contributed by atoms with Crippen molar-refractivity contribution in [1.29, 1.82) is 0 Å². The summed E-state index contributed by atoms with van der Waals surface area (Å²) in [5.74, 6) is -2.71. The van der Waals surface area contributed by atoms with E-state index in [0.717, 1.165) is 28.2 Å². The third kappa shape index (κ3) is 3.51. The number of β-lactam (4-membered cyclic amide) rings is 4. The molecule has 0 bridgehead atoms. The van der Waals surface area contributed by atoms with E-state index in [2.05, 4.69) is 35.1 Å². The first-order valence-electron chi connectivity index (χ1n) is 12.0. The summed E-state index contributed by atoms with van der Waals surface area (Å²) in [5, 5.41) is 0. The van der Waals surface area contributed by atoms with Crippen molar-refractivity contribution >= 4 is 46.6 Å². The molecule has 0 unspecified atom stereocenters. The highest BCUT2D eigenvalue weighted by Crippen LogP contribution is 2.46. The Morgan fingerprint density at radius 1 is 0.743 bits per heavy atom. The Balaban J connectivity index is 0.000000186. The Morgan fingerprint density at radius 2 is 1.26 bits per heavy atom. The van der Waals surface area contributed by atoms with E-state index >= 15 is 0 Å². The van der Waals surface area contributed by atoms with Gasteiger partial charge in [0.25, 0.3) is 29.0 Å². The van der Waals surface area contributed by atoms with Crippen molar-refractivity contribution in [3.63, 3.8) is 0 Å². The standard InChI is InChI=1S/C15H11N3O4.C10H11N.C2H6/c1-2-17-11(19)15(12(17)20)13(21)18(14(15)22)10-7-8-5-3-4-6-9(8)16-10;1-2-9-7-8-5-3-4-6-10(8)11-9;1-2/h3-6H,2,7H2,1H3;3-6H,2,7H2,1H3;1-2H3. The summed E-state index contributed by atoms with van der Waals surface area (Å²) in [7, 11) is 0. The van der Waals surface area contributed by atoms with Crippen LogP contribution in [-0.4, -0.2) is 51.5 Å². The lowest BCUT2D eigenvalue weighted by Gasteiger charge is -2.51. The van der Waals surface area contributed by atoms with E-state index in [1.54, 1.807) is 13.0 Å². The molecule has 4 amide bonds. The number of aliphatic imine (C=N–C) groups is 2. The molecular formula is C27H28N4O4. The highest BCUT2D eigenvalue weighted by Gasteiger charge is 2.80. The number of likely N-dealkylation sites (tertiary alicyclic amines) is 2. The van der Waals surface area contributed by atoms with Crippen LogP contribution in [0.2, 0.25) is 0 Å². The number of imide groups is 2. The summed E-state index contributed by atoms with van der Waals surface area (Å²) in [5.41, 5.74) is 3.34. The van der Waals surface area contributed by atoms with E-state index in [-0.39, 0.29) is 12.4 Å². The zero-order chi connectivity index (χ0) is 25.3. The third-order valence-corrected chi connectivity index (χ3v) is 6.42. The monoisotopic (exact) mass is 472 g/mol. The van der Waals surface area contributed by atoms with Crippen LogP contribution in [-0.2, 0) is 32.0 Å². The van der Waals surface area contributed by atoms with Crippen LogP contribution in [0, 0.1) is 5.41 Å². The number of amides is 4. The molecule has 0 radical (unpaired) electrons. The largest absolute Gasteiger partial charge is 0.285 e. The van der Waals surface area contributed by atoms with Gasteiger partial charge in [0.05, 0.1) is 11.4 Å². The lowest BCUT2D eigenvalue weighted by atomic mass is 9.68. The normalized spacial score (nSPS) is 18.4. The van der Waals surface area contributed by atoms with E-state index in [1.807, 2.05) is 38.1 Å². The second kappa shape index (κ2) is 9.37. The second-order valence-corrected chi connectivity index (χ2v) is 8.22. The van der Waals surface area contributed by atoms with Crippen molar-refractivity contribution in [3.8, 4) is 0 Å². The molecule has 2 aromatic carbocycles. The van der Waals surface area contributed by atoms with Crippen molar-refractivity contribution in [2.45, 2.75) is 47.0 Å². The van der Waals surface area contributed by atoms with Gasteiger partial charge in [0.1, 0.15) is 5.84 Å². The number of hydrogen-bond donors (Lipinski definition) is 0. The van der Waals surface area contributed by atoms with Crippen molar-refractivity contribution in [2.24, 2.45) is 15.4 Å². The molecule has 2 aromatic rings. The minimum absolute atomic E-state index is 0.159. The maximum Gasteiger partial charge on any atom is 0.285 e. The lowest BCUT2D eigenvalue weighted by Crippen LogP contribution is -2.84. The van der Waals surface area contributed by atoms with Gasteiger partial charge in [-0.15, -0.1) is 0 Å². The number of carbonyl (C=O) groups excluding carboxylic acids is 4. The van der Waals surface area contributed by atoms with Crippen molar-refractivity contribution in [1.82, 2.24) is 9.80 Å². The minimum atomic E-state index is -2.12. The molecule has 35 heavy (non-hydrogen) atoms. The van der Waals surface area contributed by atoms with Gasteiger partial charge in [0.2, 0.25) is 0 Å². The summed E-state index contributed by atoms with van der Waals surface area (Å²) >= 11 is 0. The predicted molar refractivity (Wildman–Crippen MR) is 133 cm³/mol. The van der Waals surface area contributed by atoms with Gasteiger partial charge in [0, 0.05) is 25.1 Å². The molecule has 4 aliphatic heterocycles. The SMILES string of the molecule is CC.CCC1=Nc2ccccc2C1.CCN1C(=O)C2(C1=O)C(=O)N(C1=Nc3ccccc3C1)C2=O. The number of para-hydroxylation sites is 2. The molecule has 6 rings (SSSR count). The Labute approximate surface area is 204 Å². The molecule has 4 heterocycles. The average Bonchev–Trinajstić information content (AvgIpc) is 3.50. The zero-order valence-corrected chi connectivity index (χ0v) is 20.4. The Hall–Kier alpha value is -3.94. The first-order chi connectivity index (χ1) is 16.9. The molecule has 1 spiro atoms. The highest BCUT2D eigenvalue weighted by atomic mass is 16.2. The van der Waals surface area contributed by atoms with Crippen LogP contribution in [0.3, 0.4) is 0 Å². The molecule has 4 aliphatic rings. The van der Waals surface area contributed by atoms with Gasteiger partial charge in [-0.2, -0.15) is 0 Å². The van der Waals surface area contributed by atoms with Gasteiger partial charge in [-0.1, -0.05) is 57.2 Å². The molecule has 2 fully saturated rings. The summed E-state index contributed by atoms with van der Waals surface area (Å²) in [6.45, 7) is 7.93. The van der Waals surface area contributed by atoms with Crippen LogP contribution in [0.1, 0.15) is 45.2 Å². The summed E-state index contributed by atoms with van der Waals surface area (Å²) in [4.78, 5) is 59.2. The van der Waals surface area contributed by atoms with Crippen LogP contribution in [0.25, 0.3) is 0 Å². The van der Waals surface area contributed by atoms with Gasteiger partial charge < -0.3 is 0 Å². The first-order valence-corrected chi connectivity index (χ1v) is 12.0. The van der Waals surface area contributed by atoms with Crippen molar-refractivity contribution in [3.05, 3.63) is 59.7 Å². The topological polar surface area (TPSA) is 99.5 Å². The average molecular weight is 473 g/mol. The van der Waals surface area contributed by atoms with Crippen molar-refractivity contribution in [2.75, 3.05) is 6.54 Å². The van der Waals surface area contributed by atoms with Gasteiger partial charge in [0.15, 0.2) is 0 Å². The number of carbonyl (C=O) groups is 4. The minimum Gasteiger partial charge on any atom is -0.279 e. The second-order valence-electron chi connectivity index (χ2n) is 8.22. The number of nitrogens with zero attached hydrogens (tertiary/aromatic N) is 4. The molecule has 8 nitrogen and oxygen atoms in total. The van der Waals surface area contributed by atoms with Crippen LogP contribution >= 0.6 is 0 Å². The fraction of sp³-hybridized carbons (Fsp3) is 0.333. The van der Waals surface area contributed by atoms with E-state index in [0.29, 0.717) is 12.1 Å². The molecule has 0 aromatic heterocycles. The number of rotatable bonds is 2. The molecule has 180 valence electrons. The number of benzene rings is 2. The Morgan fingerprint density at radius 3 is 1.74 bits per heavy atom. The summed E-state index contributed by atoms with van der Waals surface area (Å²) < 4.78 is 0. The molecule has 2 saturated heterocycles. The number of amidine groups is 1. The third-order valence-electron chi connectivity index (χ3n) is 6.42. The van der Waals surface area contributed by atoms with Gasteiger partial charge >= 0.3 is 0 Å². The molecule has 8 heteroatoms. The lowest BCUT2D eigenvalue weighted by molar-refractivity contribution is -0.195. The van der Waals surface area contributed by atoms with Gasteiger partial charge in [-0.3, -0.25) is 29.1 Å². The Kier molecular flexibility index (Phi) is 6.47. The van der Waals surface area contributed by atoms with Gasteiger partial charge in [-0.05, 0) is 36.6 Å². The molecule has 0 aliphatic carbocycles.